The van der Waals surface area contributed by atoms with Gasteiger partial charge in [-0.25, -0.2) is 0 Å². The molecule has 1 aliphatic rings. The first kappa shape index (κ1) is 32.6. The Bertz CT molecular complexity index is 3500. The van der Waals surface area contributed by atoms with E-state index >= 15 is 0 Å². The normalized spacial score (nSPS) is 13.3. The third-order valence-electron chi connectivity index (χ3n) is 13.9. The van der Waals surface area contributed by atoms with E-state index in [4.69, 9.17) is 0 Å². The molecule has 0 radical (unpaired) electrons. The largest absolute Gasteiger partial charge is 0.0561 e. The van der Waals surface area contributed by atoms with Crippen LogP contribution < -0.4 is 0 Å². The molecule has 0 unspecified atom stereocenters. The monoisotopic (exact) mass is 738 g/mol. The van der Waals surface area contributed by atoms with E-state index < -0.39 is 0 Å². The van der Waals surface area contributed by atoms with E-state index in [0.29, 0.717) is 0 Å². The van der Waals surface area contributed by atoms with E-state index in [-0.39, 0.29) is 10.8 Å². The molecule has 0 nitrogen and oxygen atoms in total. The summed E-state index contributed by atoms with van der Waals surface area (Å²) in [6.07, 6.45) is 0. The average Bonchev–Trinajstić information content (AvgIpc) is 3.57. The first-order valence-electron chi connectivity index (χ1n) is 20.9. The van der Waals surface area contributed by atoms with Crippen molar-refractivity contribution in [1.29, 1.82) is 0 Å². The molecule has 0 bridgehead atoms. The van der Waals surface area contributed by atoms with Crippen molar-refractivity contribution in [3.05, 3.63) is 157 Å². The highest BCUT2D eigenvalue weighted by molar-refractivity contribution is 6.37. The highest BCUT2D eigenvalue weighted by Gasteiger charge is 2.26. The van der Waals surface area contributed by atoms with E-state index in [1.807, 2.05) is 0 Å². The standard InChI is InChI=1S/C58H42/c1-57(2,3)38-27-34-9-7-31-11-17-40(44-21-15-36(29-38)50(34)52(31)44)42-23-25-48-49-26-24-43(47-20-14-33-13-19-46(42)55(48)54(33)56(47)49)41-18-12-32-8-10-35-28-39(58(4,5)6)30-37-16-22-45(41)53(32)51(35)37/h7-30H,1-6H3. The number of benzene rings is 12. The summed E-state index contributed by atoms with van der Waals surface area (Å²) >= 11 is 0. The Hall–Kier alpha value is -6.50. The van der Waals surface area contributed by atoms with Crippen molar-refractivity contribution in [3.63, 3.8) is 0 Å². The lowest BCUT2D eigenvalue weighted by atomic mass is 9.82. The molecule has 274 valence electrons. The highest BCUT2D eigenvalue weighted by atomic mass is 14.3. The molecule has 0 fully saturated rings. The Kier molecular flexibility index (Phi) is 6.01. The van der Waals surface area contributed by atoms with Crippen molar-refractivity contribution in [3.8, 4) is 33.4 Å². The van der Waals surface area contributed by atoms with Crippen LogP contribution in [-0.2, 0) is 10.8 Å². The zero-order valence-electron chi connectivity index (χ0n) is 33.9. The van der Waals surface area contributed by atoms with Crippen LogP contribution in [0.4, 0.5) is 0 Å². The SMILES string of the molecule is CC(C)(C)c1cc2ccc3ccc(-c4ccc5c6c4ccc4ccc7c(-c8ccc9ccc%10cc(C(C)(C)C)cc%11ccc8c9c%10%11)ccc-5c7c46)c4ccc(c1)c2c34. The molecule has 0 aliphatic heterocycles. The summed E-state index contributed by atoms with van der Waals surface area (Å²) < 4.78 is 0. The molecule has 13 rings (SSSR count). The fourth-order valence-electron chi connectivity index (χ4n) is 11.0. The maximum Gasteiger partial charge on any atom is -0.00139 e. The van der Waals surface area contributed by atoms with E-state index in [1.54, 1.807) is 0 Å². The number of rotatable bonds is 2. The summed E-state index contributed by atoms with van der Waals surface area (Å²) in [7, 11) is 0. The third-order valence-corrected chi connectivity index (χ3v) is 13.9. The Morgan fingerprint density at radius 1 is 0.224 bits per heavy atom. The van der Waals surface area contributed by atoms with Crippen LogP contribution in [0.3, 0.4) is 0 Å². The summed E-state index contributed by atoms with van der Waals surface area (Å²) in [5, 5.41) is 24.2. The molecule has 0 heterocycles. The molecule has 0 atom stereocenters. The quantitative estimate of drug-likeness (QED) is 0.155. The van der Waals surface area contributed by atoms with Gasteiger partial charge in [-0.05, 0) is 152 Å². The molecule has 0 aromatic heterocycles. The van der Waals surface area contributed by atoms with Gasteiger partial charge >= 0.3 is 0 Å². The lowest BCUT2D eigenvalue weighted by Crippen LogP contribution is -2.10. The zero-order valence-corrected chi connectivity index (χ0v) is 33.9. The predicted octanol–water partition coefficient (Wildman–Crippen LogP) is 16.9. The predicted molar refractivity (Wildman–Crippen MR) is 254 cm³/mol. The lowest BCUT2D eigenvalue weighted by Gasteiger charge is -2.22. The molecule has 12 aromatic carbocycles. The van der Waals surface area contributed by atoms with E-state index in [1.165, 1.54) is 141 Å². The Morgan fingerprint density at radius 2 is 0.483 bits per heavy atom. The Labute approximate surface area is 338 Å². The van der Waals surface area contributed by atoms with Crippen LogP contribution in [0.2, 0.25) is 0 Å². The summed E-state index contributed by atoms with van der Waals surface area (Å²) in [6.45, 7) is 13.9. The van der Waals surface area contributed by atoms with Crippen LogP contribution in [0.5, 0.6) is 0 Å². The van der Waals surface area contributed by atoms with Gasteiger partial charge < -0.3 is 0 Å². The van der Waals surface area contributed by atoms with Gasteiger partial charge in [-0.15, -0.1) is 0 Å². The van der Waals surface area contributed by atoms with Crippen molar-refractivity contribution in [2.24, 2.45) is 0 Å². The summed E-state index contributed by atoms with van der Waals surface area (Å²) in [5.74, 6) is 0. The second kappa shape index (κ2) is 10.7. The molecular weight excluding hydrogens is 697 g/mol. The van der Waals surface area contributed by atoms with Gasteiger partial charge in [0.05, 0.1) is 0 Å². The number of hydrogen-bond acceptors (Lipinski definition) is 0. The van der Waals surface area contributed by atoms with Crippen molar-refractivity contribution in [1.82, 2.24) is 0 Å². The van der Waals surface area contributed by atoms with Crippen LogP contribution in [0.1, 0.15) is 52.7 Å². The van der Waals surface area contributed by atoms with Crippen LogP contribution >= 0.6 is 0 Å². The summed E-state index contributed by atoms with van der Waals surface area (Å²) in [6, 6.07) is 56.9. The molecule has 0 saturated carbocycles. The third kappa shape index (κ3) is 4.15. The Morgan fingerprint density at radius 3 is 0.862 bits per heavy atom. The van der Waals surface area contributed by atoms with Gasteiger partial charge in [0.25, 0.3) is 0 Å². The fourth-order valence-corrected chi connectivity index (χ4v) is 11.0. The molecule has 1 aliphatic carbocycles. The van der Waals surface area contributed by atoms with Gasteiger partial charge in [-0.2, -0.15) is 0 Å². The summed E-state index contributed by atoms with van der Waals surface area (Å²) in [5.41, 5.74) is 10.9. The number of hydrogen-bond donors (Lipinski definition) is 0. The van der Waals surface area contributed by atoms with Gasteiger partial charge in [0.15, 0.2) is 0 Å². The zero-order chi connectivity index (χ0) is 39.0. The minimum Gasteiger partial charge on any atom is -0.0561 e. The first-order chi connectivity index (χ1) is 28.0. The van der Waals surface area contributed by atoms with Gasteiger partial charge in [0.1, 0.15) is 0 Å². The lowest BCUT2D eigenvalue weighted by molar-refractivity contribution is 0.591. The van der Waals surface area contributed by atoms with Crippen LogP contribution in [0.25, 0.3) is 130 Å². The van der Waals surface area contributed by atoms with E-state index in [9.17, 15) is 0 Å². The summed E-state index contributed by atoms with van der Waals surface area (Å²) in [4.78, 5) is 0. The fraction of sp³-hybridized carbons (Fsp3) is 0.138. The molecule has 0 amide bonds. The van der Waals surface area contributed by atoms with E-state index in [2.05, 4.69) is 187 Å². The average molecular weight is 739 g/mol. The van der Waals surface area contributed by atoms with Gasteiger partial charge in [-0.3, -0.25) is 0 Å². The molecule has 0 heteroatoms. The van der Waals surface area contributed by atoms with Crippen molar-refractivity contribution in [2.45, 2.75) is 52.4 Å². The van der Waals surface area contributed by atoms with E-state index in [0.717, 1.165) is 0 Å². The smallest absolute Gasteiger partial charge is 0.00139 e. The first-order valence-corrected chi connectivity index (χ1v) is 20.9. The minimum absolute atomic E-state index is 0.0910. The molecule has 0 spiro atoms. The molecule has 58 heavy (non-hydrogen) atoms. The topological polar surface area (TPSA) is 0 Å². The van der Waals surface area contributed by atoms with Crippen molar-refractivity contribution >= 4 is 97.0 Å². The van der Waals surface area contributed by atoms with Crippen LogP contribution in [-0.4, -0.2) is 0 Å². The van der Waals surface area contributed by atoms with Crippen molar-refractivity contribution < 1.29 is 0 Å². The molecular formula is C58H42. The van der Waals surface area contributed by atoms with Crippen LogP contribution in [0.15, 0.2) is 146 Å². The minimum atomic E-state index is 0.0910. The van der Waals surface area contributed by atoms with Gasteiger partial charge in [0, 0.05) is 0 Å². The maximum atomic E-state index is 2.41. The van der Waals surface area contributed by atoms with Crippen molar-refractivity contribution in [2.75, 3.05) is 0 Å². The molecule has 0 saturated heterocycles. The van der Waals surface area contributed by atoms with Gasteiger partial charge in [0.2, 0.25) is 0 Å². The second-order valence-corrected chi connectivity index (χ2v) is 19.3. The maximum absolute atomic E-state index is 2.41. The number of fused-ring (bicyclic) bond motifs is 1. The van der Waals surface area contributed by atoms with Crippen LogP contribution in [0, 0.1) is 0 Å². The Balaban J connectivity index is 1.04. The molecule has 0 N–H and O–H groups in total. The second-order valence-electron chi connectivity index (χ2n) is 19.3. The highest BCUT2D eigenvalue weighted by Crippen LogP contribution is 2.53. The van der Waals surface area contributed by atoms with Gasteiger partial charge in [-0.1, -0.05) is 187 Å². The molecule has 12 aromatic rings.